The summed E-state index contributed by atoms with van der Waals surface area (Å²) >= 11 is 0. The van der Waals surface area contributed by atoms with Crippen LogP contribution in [-0.2, 0) is 25.6 Å². The van der Waals surface area contributed by atoms with Gasteiger partial charge in [-0.15, -0.1) is 0 Å². The first-order chi connectivity index (χ1) is 19.4. The average Bonchev–Trinajstić information content (AvgIpc) is 2.85. The average molecular weight is 586 g/mol. The van der Waals surface area contributed by atoms with E-state index in [0.717, 1.165) is 5.12 Å². The molecule has 0 radical (unpaired) electrons. The molecule has 0 aromatic heterocycles. The number of Topliss-reactive ketones (excluding diaryl/α,β-unsaturated/α-hetero) is 2. The minimum absolute atomic E-state index is 0.0197. The number of rotatable bonds is 6. The quantitative estimate of drug-likeness (QED) is 0.159. The number of phenols is 1. The number of anilines is 1. The van der Waals surface area contributed by atoms with Crippen molar-refractivity contribution in [2.45, 2.75) is 51.2 Å². The molecule has 3 aliphatic rings. The summed E-state index contributed by atoms with van der Waals surface area (Å²) in [4.78, 5) is 52.9. The molecule has 0 bridgehead atoms. The first-order valence-electron chi connectivity index (χ1n) is 13.7. The Hall–Kier alpha value is -3.78. The number of amides is 2. The first kappa shape index (κ1) is 31.2. The SMILES string of the molecule is CN(C)N(C(=O)C1=C(O)C2(O)C(=O)C3=C(O)c4c(ccc(NC(=O)CNC(C)(C)C)c4O)CC3CC2CC1=O)N(C)C. The molecule has 6 N–H and O–H groups in total. The van der Waals surface area contributed by atoms with Crippen molar-refractivity contribution in [1.82, 2.24) is 20.5 Å². The molecule has 13 nitrogen and oxygen atoms in total. The zero-order valence-electron chi connectivity index (χ0n) is 24.9. The lowest BCUT2D eigenvalue weighted by molar-refractivity contribution is -0.174. The summed E-state index contributed by atoms with van der Waals surface area (Å²) in [6, 6.07) is 3.12. The lowest BCUT2D eigenvalue weighted by Crippen LogP contribution is -2.59. The van der Waals surface area contributed by atoms with Gasteiger partial charge in [0.15, 0.2) is 11.4 Å². The molecular weight excluding hydrogens is 546 g/mol. The third-order valence-electron chi connectivity index (χ3n) is 7.90. The van der Waals surface area contributed by atoms with Crippen LogP contribution in [0.5, 0.6) is 5.75 Å². The van der Waals surface area contributed by atoms with Gasteiger partial charge >= 0.3 is 0 Å². The van der Waals surface area contributed by atoms with Crippen LogP contribution in [0.15, 0.2) is 29.0 Å². The summed E-state index contributed by atoms with van der Waals surface area (Å²) in [7, 11) is 6.18. The number of nitrogens with one attached hydrogen (secondary N) is 2. The Labute approximate surface area is 244 Å². The normalized spacial score (nSPS) is 24.0. The van der Waals surface area contributed by atoms with E-state index in [4.69, 9.17) is 0 Å². The highest BCUT2D eigenvalue weighted by Crippen LogP contribution is 2.52. The Kier molecular flexibility index (Phi) is 8.02. The summed E-state index contributed by atoms with van der Waals surface area (Å²) in [6.45, 7) is 5.65. The molecule has 0 heterocycles. The first-order valence-corrected chi connectivity index (χ1v) is 13.7. The molecule has 4 rings (SSSR count). The van der Waals surface area contributed by atoms with E-state index in [9.17, 15) is 39.6 Å². The number of hydrogen-bond acceptors (Lipinski definition) is 11. The number of hydrazine groups is 2. The van der Waals surface area contributed by atoms with Gasteiger partial charge < -0.3 is 31.1 Å². The van der Waals surface area contributed by atoms with Crippen LogP contribution < -0.4 is 10.6 Å². The van der Waals surface area contributed by atoms with E-state index in [0.29, 0.717) is 5.56 Å². The highest BCUT2D eigenvalue weighted by atomic mass is 16.3. The van der Waals surface area contributed by atoms with Crippen LogP contribution in [0.4, 0.5) is 5.69 Å². The van der Waals surface area contributed by atoms with Crippen LogP contribution in [0, 0.1) is 11.8 Å². The van der Waals surface area contributed by atoms with E-state index in [-0.39, 0.29) is 48.2 Å². The van der Waals surface area contributed by atoms with Gasteiger partial charge in [0.1, 0.15) is 22.8 Å². The summed E-state index contributed by atoms with van der Waals surface area (Å²) < 4.78 is 0. The Morgan fingerprint density at radius 2 is 1.64 bits per heavy atom. The van der Waals surface area contributed by atoms with Crippen molar-refractivity contribution in [3.8, 4) is 5.75 Å². The maximum absolute atomic E-state index is 13.9. The lowest BCUT2D eigenvalue weighted by Gasteiger charge is -2.46. The van der Waals surface area contributed by atoms with Crippen LogP contribution in [0.25, 0.3) is 5.76 Å². The molecule has 0 spiro atoms. The van der Waals surface area contributed by atoms with Crippen molar-refractivity contribution in [3.05, 3.63) is 40.2 Å². The van der Waals surface area contributed by atoms with E-state index in [1.807, 2.05) is 20.8 Å². The number of aliphatic hydroxyl groups excluding tert-OH is 2. The number of ketones is 2. The van der Waals surface area contributed by atoms with Crippen molar-refractivity contribution in [3.63, 3.8) is 0 Å². The number of hydrogen-bond donors (Lipinski definition) is 6. The Morgan fingerprint density at radius 1 is 1.02 bits per heavy atom. The van der Waals surface area contributed by atoms with Crippen molar-refractivity contribution >= 4 is 34.8 Å². The van der Waals surface area contributed by atoms with Crippen LogP contribution in [0.3, 0.4) is 0 Å². The molecule has 13 heteroatoms. The zero-order valence-corrected chi connectivity index (χ0v) is 24.9. The fourth-order valence-electron chi connectivity index (χ4n) is 6.02. The number of aliphatic hydroxyl groups is 3. The highest BCUT2D eigenvalue weighted by molar-refractivity contribution is 6.23. The van der Waals surface area contributed by atoms with E-state index < -0.39 is 63.7 Å². The second-order valence-corrected chi connectivity index (χ2v) is 12.5. The van der Waals surface area contributed by atoms with Gasteiger partial charge in [-0.05, 0) is 51.2 Å². The van der Waals surface area contributed by atoms with Gasteiger partial charge in [0.2, 0.25) is 11.7 Å². The van der Waals surface area contributed by atoms with Crippen LogP contribution >= 0.6 is 0 Å². The maximum atomic E-state index is 13.9. The number of aromatic hydroxyl groups is 1. The molecule has 2 amide bonds. The molecule has 1 aromatic rings. The molecule has 0 saturated heterocycles. The molecule has 3 atom stereocenters. The molecule has 3 aliphatic carbocycles. The second kappa shape index (κ2) is 10.8. The topological polar surface area (TPSA) is 183 Å². The summed E-state index contributed by atoms with van der Waals surface area (Å²) in [6.07, 6.45) is -0.112. The zero-order chi connectivity index (χ0) is 31.5. The Bertz CT molecular complexity index is 1420. The Morgan fingerprint density at radius 3 is 2.21 bits per heavy atom. The molecule has 0 aliphatic heterocycles. The van der Waals surface area contributed by atoms with Gasteiger partial charge in [-0.25, -0.2) is 10.0 Å². The van der Waals surface area contributed by atoms with Crippen molar-refractivity contribution in [1.29, 1.82) is 0 Å². The molecule has 1 fully saturated rings. The minimum Gasteiger partial charge on any atom is -0.508 e. The monoisotopic (exact) mass is 585 g/mol. The van der Waals surface area contributed by atoms with Gasteiger partial charge in [0.25, 0.3) is 5.91 Å². The van der Waals surface area contributed by atoms with Crippen LogP contribution in [0.1, 0.15) is 44.7 Å². The number of carbonyl (C=O) groups excluding carboxylic acids is 4. The summed E-state index contributed by atoms with van der Waals surface area (Å²) in [5, 5.41) is 54.8. The van der Waals surface area contributed by atoms with E-state index in [2.05, 4.69) is 10.6 Å². The third kappa shape index (κ3) is 5.17. The van der Waals surface area contributed by atoms with Crippen molar-refractivity contribution < 1.29 is 39.6 Å². The maximum Gasteiger partial charge on any atom is 0.290 e. The predicted molar refractivity (Wildman–Crippen MR) is 153 cm³/mol. The number of carbonyl (C=O) groups is 4. The van der Waals surface area contributed by atoms with Crippen molar-refractivity contribution in [2.75, 3.05) is 40.1 Å². The molecular formula is C29H39N5O8. The summed E-state index contributed by atoms with van der Waals surface area (Å²) in [5.41, 5.74) is -3.44. The second-order valence-electron chi connectivity index (χ2n) is 12.5. The predicted octanol–water partition coefficient (Wildman–Crippen LogP) is 1.05. The van der Waals surface area contributed by atoms with Gasteiger partial charge in [0.05, 0.1) is 17.8 Å². The minimum atomic E-state index is -2.64. The van der Waals surface area contributed by atoms with E-state index in [1.165, 1.54) is 16.1 Å². The van der Waals surface area contributed by atoms with Gasteiger partial charge in [-0.3, -0.25) is 19.2 Å². The summed E-state index contributed by atoms with van der Waals surface area (Å²) in [5.74, 6) is -6.89. The fraction of sp³-hybridized carbons (Fsp3) is 0.517. The smallest absolute Gasteiger partial charge is 0.290 e. The van der Waals surface area contributed by atoms with Gasteiger partial charge in [0, 0.05) is 51.6 Å². The van der Waals surface area contributed by atoms with Crippen LogP contribution in [0.2, 0.25) is 0 Å². The lowest BCUT2D eigenvalue weighted by atomic mass is 9.59. The molecule has 1 aromatic carbocycles. The van der Waals surface area contributed by atoms with Crippen LogP contribution in [-0.4, -0.2) is 105 Å². The van der Waals surface area contributed by atoms with E-state index in [1.54, 1.807) is 34.3 Å². The van der Waals surface area contributed by atoms with Gasteiger partial charge in [-0.1, -0.05) is 6.07 Å². The van der Waals surface area contributed by atoms with Crippen molar-refractivity contribution in [2.24, 2.45) is 11.8 Å². The van der Waals surface area contributed by atoms with E-state index >= 15 is 0 Å². The molecule has 3 unspecified atom stereocenters. The molecule has 228 valence electrons. The number of nitrogens with zero attached hydrogens (tertiary/aromatic N) is 3. The highest BCUT2D eigenvalue weighted by Gasteiger charge is 2.61. The van der Waals surface area contributed by atoms with Gasteiger partial charge in [-0.2, -0.15) is 5.12 Å². The Balaban J connectivity index is 1.75. The number of benzene rings is 1. The number of phenolic OH excluding ortho intramolecular Hbond substituents is 1. The standard InChI is InChI=1S/C29H39N5O8/c1-28(2,3)30-13-19(36)31-17-9-8-14-10-15-11-16-12-18(35)22(27(41)34(32(4)5)33(6)7)26(40)29(16,42)25(39)21(15)24(38)20(14)23(17)37/h8-9,15-16,30,37-38,40,42H,10-13H2,1-7H3,(H,31,36). The molecule has 1 saturated carbocycles. The number of fused-ring (bicyclic) bond motifs is 3. The fourth-order valence-corrected chi connectivity index (χ4v) is 6.02. The largest absolute Gasteiger partial charge is 0.508 e. The molecule has 42 heavy (non-hydrogen) atoms. The third-order valence-corrected chi connectivity index (χ3v) is 7.90.